The lowest BCUT2D eigenvalue weighted by Crippen LogP contribution is -2.32. The molecule has 2 saturated carbocycles. The minimum atomic E-state index is 0.445. The number of benzene rings is 2. The molecule has 2 nitrogen and oxygen atoms in total. The molecule has 0 saturated heterocycles. The molecule has 2 fully saturated rings. The van der Waals surface area contributed by atoms with Gasteiger partial charge in [0.25, 0.3) is 0 Å². The molecule has 0 radical (unpaired) electrons. The van der Waals surface area contributed by atoms with Crippen molar-refractivity contribution in [2.75, 3.05) is 6.54 Å². The maximum Gasteiger partial charge on any atom is 0.0485 e. The Kier molecular flexibility index (Phi) is 6.97. The summed E-state index contributed by atoms with van der Waals surface area (Å²) in [6.07, 6.45) is 17.4. The second-order valence-electron chi connectivity index (χ2n) is 10.3. The van der Waals surface area contributed by atoms with Crippen LogP contribution < -0.4 is 5.32 Å². The van der Waals surface area contributed by atoms with Gasteiger partial charge in [-0.25, -0.2) is 0 Å². The molecule has 1 N–H and O–H groups in total. The highest BCUT2D eigenvalue weighted by atomic mass is 15.0. The van der Waals surface area contributed by atoms with Crippen molar-refractivity contribution in [1.82, 2.24) is 9.88 Å². The van der Waals surface area contributed by atoms with E-state index in [1.165, 1.54) is 98.2 Å². The average molecular weight is 429 g/mol. The van der Waals surface area contributed by atoms with Gasteiger partial charge in [0.05, 0.1) is 0 Å². The van der Waals surface area contributed by atoms with Crippen molar-refractivity contribution < 1.29 is 0 Å². The second-order valence-corrected chi connectivity index (χ2v) is 10.3. The zero-order valence-corrected chi connectivity index (χ0v) is 19.9. The number of rotatable bonds is 7. The van der Waals surface area contributed by atoms with E-state index in [9.17, 15) is 0 Å². The van der Waals surface area contributed by atoms with Crippen LogP contribution in [0.4, 0.5) is 0 Å². The first-order chi connectivity index (χ1) is 15.8. The number of hydrogen-bond donors (Lipinski definition) is 1. The van der Waals surface area contributed by atoms with Crippen molar-refractivity contribution in [2.24, 2.45) is 0 Å². The fourth-order valence-corrected chi connectivity index (χ4v) is 6.30. The minimum Gasteiger partial charge on any atom is -0.344 e. The third-order valence-electron chi connectivity index (χ3n) is 8.03. The van der Waals surface area contributed by atoms with Crippen LogP contribution in [0, 0.1) is 6.92 Å². The lowest BCUT2D eigenvalue weighted by molar-refractivity contribution is 0.360. The van der Waals surface area contributed by atoms with Gasteiger partial charge in [-0.3, -0.25) is 0 Å². The van der Waals surface area contributed by atoms with Gasteiger partial charge in [-0.2, -0.15) is 0 Å². The summed E-state index contributed by atoms with van der Waals surface area (Å²) in [5.74, 6) is 0.445. The molecule has 0 spiro atoms. The number of para-hydroxylation sites is 1. The predicted octanol–water partition coefficient (Wildman–Crippen LogP) is 7.90. The predicted molar refractivity (Wildman–Crippen MR) is 137 cm³/mol. The van der Waals surface area contributed by atoms with E-state index in [0.29, 0.717) is 12.0 Å². The number of hydrogen-bond acceptors (Lipinski definition) is 1. The van der Waals surface area contributed by atoms with Crippen molar-refractivity contribution in [3.8, 4) is 0 Å². The first-order valence-electron chi connectivity index (χ1n) is 13.2. The van der Waals surface area contributed by atoms with Gasteiger partial charge in [-0.05, 0) is 62.8 Å². The summed E-state index contributed by atoms with van der Waals surface area (Å²) in [4.78, 5) is 0. The summed E-state index contributed by atoms with van der Waals surface area (Å²) in [7, 11) is 0. The Labute approximate surface area is 194 Å². The molecule has 0 aliphatic heterocycles. The molecule has 1 heterocycles. The van der Waals surface area contributed by atoms with E-state index in [1.807, 2.05) is 0 Å². The van der Waals surface area contributed by atoms with Crippen LogP contribution in [0.1, 0.15) is 99.3 Å². The molecule has 2 aliphatic carbocycles. The number of nitrogens with one attached hydrogen (secondary N) is 1. The summed E-state index contributed by atoms with van der Waals surface area (Å²) in [5.41, 5.74) is 5.81. The molecule has 1 atom stereocenters. The third kappa shape index (κ3) is 4.81. The Hall–Kier alpha value is -2.06. The highest BCUT2D eigenvalue weighted by molar-refractivity contribution is 5.85. The fraction of sp³-hybridized carbons (Fsp3) is 0.533. The second kappa shape index (κ2) is 10.3. The molecule has 5 rings (SSSR count). The van der Waals surface area contributed by atoms with Crippen molar-refractivity contribution in [3.05, 3.63) is 71.4 Å². The molecule has 32 heavy (non-hydrogen) atoms. The Morgan fingerprint density at radius 3 is 2.41 bits per heavy atom. The van der Waals surface area contributed by atoms with Gasteiger partial charge in [0.15, 0.2) is 0 Å². The summed E-state index contributed by atoms with van der Waals surface area (Å²) in [5, 5.41) is 5.38. The fourth-order valence-electron chi connectivity index (χ4n) is 6.30. The number of aryl methyl sites for hydroxylation is 1. The van der Waals surface area contributed by atoms with Gasteiger partial charge >= 0.3 is 0 Å². The maximum absolute atomic E-state index is 3.92. The Bertz CT molecular complexity index is 1000. The standard InChI is InChI=1S/C30H40N2/c1-23-11-10-12-24(21-23)27(19-20-31-25-13-4-2-5-14-25)29-22-32(26-15-6-3-7-16-26)30-18-9-8-17-28(29)30/h8-12,17-18,21-22,25-27,31H,2-7,13-16,19-20H2,1H3. The van der Waals surface area contributed by atoms with E-state index in [0.717, 1.165) is 12.6 Å². The van der Waals surface area contributed by atoms with Crippen LogP contribution in [0.15, 0.2) is 54.7 Å². The van der Waals surface area contributed by atoms with E-state index in [-0.39, 0.29) is 0 Å². The largest absolute Gasteiger partial charge is 0.344 e. The van der Waals surface area contributed by atoms with E-state index in [4.69, 9.17) is 0 Å². The topological polar surface area (TPSA) is 17.0 Å². The molecule has 170 valence electrons. The smallest absolute Gasteiger partial charge is 0.0485 e. The Morgan fingerprint density at radius 1 is 0.875 bits per heavy atom. The molecule has 1 aromatic heterocycles. The molecule has 0 bridgehead atoms. The van der Waals surface area contributed by atoms with E-state index in [2.05, 4.69) is 71.5 Å². The van der Waals surface area contributed by atoms with Gasteiger partial charge in [0.1, 0.15) is 0 Å². The van der Waals surface area contributed by atoms with Gasteiger partial charge in [-0.15, -0.1) is 0 Å². The van der Waals surface area contributed by atoms with Crippen LogP contribution in [0.25, 0.3) is 10.9 Å². The normalized spacial score (nSPS) is 19.4. The van der Waals surface area contributed by atoms with Crippen molar-refractivity contribution in [3.63, 3.8) is 0 Å². The number of aromatic nitrogens is 1. The lowest BCUT2D eigenvalue weighted by atomic mass is 9.87. The summed E-state index contributed by atoms with van der Waals surface area (Å²) in [6.45, 7) is 3.33. The molecule has 0 amide bonds. The summed E-state index contributed by atoms with van der Waals surface area (Å²) in [6, 6.07) is 19.8. The quantitative estimate of drug-likeness (QED) is 0.405. The molecular weight excluding hydrogens is 388 g/mol. The number of fused-ring (bicyclic) bond motifs is 1. The molecule has 2 aromatic carbocycles. The van der Waals surface area contributed by atoms with E-state index in [1.54, 1.807) is 0 Å². The minimum absolute atomic E-state index is 0.445. The zero-order valence-electron chi connectivity index (χ0n) is 19.9. The summed E-state index contributed by atoms with van der Waals surface area (Å²) < 4.78 is 2.64. The molecule has 1 unspecified atom stereocenters. The number of nitrogens with zero attached hydrogens (tertiary/aromatic N) is 1. The van der Waals surface area contributed by atoms with Crippen molar-refractivity contribution in [1.29, 1.82) is 0 Å². The van der Waals surface area contributed by atoms with Crippen LogP contribution >= 0.6 is 0 Å². The maximum atomic E-state index is 3.92. The van der Waals surface area contributed by atoms with Crippen LogP contribution in [-0.4, -0.2) is 17.2 Å². The Morgan fingerprint density at radius 2 is 1.62 bits per heavy atom. The van der Waals surface area contributed by atoms with Crippen LogP contribution in [-0.2, 0) is 0 Å². The first kappa shape index (κ1) is 21.8. The molecular formula is C30H40N2. The van der Waals surface area contributed by atoms with Crippen molar-refractivity contribution in [2.45, 2.75) is 95.6 Å². The van der Waals surface area contributed by atoms with Crippen LogP contribution in [0.5, 0.6) is 0 Å². The van der Waals surface area contributed by atoms with Crippen molar-refractivity contribution >= 4 is 10.9 Å². The SMILES string of the molecule is Cc1cccc(C(CCNC2CCCCC2)c2cn(C3CCCCC3)c3ccccc23)c1. The van der Waals surface area contributed by atoms with E-state index < -0.39 is 0 Å². The van der Waals surface area contributed by atoms with Gasteiger partial charge in [-0.1, -0.05) is 86.6 Å². The van der Waals surface area contributed by atoms with Crippen LogP contribution in [0.2, 0.25) is 0 Å². The molecule has 2 heteroatoms. The lowest BCUT2D eigenvalue weighted by Gasteiger charge is -2.25. The van der Waals surface area contributed by atoms with Gasteiger partial charge in [0, 0.05) is 35.1 Å². The Balaban J connectivity index is 1.47. The molecule has 2 aliphatic rings. The zero-order chi connectivity index (χ0) is 21.8. The van der Waals surface area contributed by atoms with Crippen LogP contribution in [0.3, 0.4) is 0 Å². The third-order valence-corrected chi connectivity index (χ3v) is 8.03. The molecule has 3 aromatic rings. The highest BCUT2D eigenvalue weighted by Crippen LogP contribution is 2.39. The average Bonchev–Trinajstić information content (AvgIpc) is 3.22. The highest BCUT2D eigenvalue weighted by Gasteiger charge is 2.24. The van der Waals surface area contributed by atoms with Gasteiger partial charge < -0.3 is 9.88 Å². The first-order valence-corrected chi connectivity index (χ1v) is 13.2. The monoisotopic (exact) mass is 428 g/mol. The summed E-state index contributed by atoms with van der Waals surface area (Å²) >= 11 is 0. The van der Waals surface area contributed by atoms with E-state index >= 15 is 0 Å². The van der Waals surface area contributed by atoms with Gasteiger partial charge in [0.2, 0.25) is 0 Å².